The molecule has 0 saturated heterocycles. The van der Waals surface area contributed by atoms with Crippen molar-refractivity contribution in [3.8, 4) is 5.75 Å². The van der Waals surface area contributed by atoms with E-state index in [4.69, 9.17) is 4.74 Å². The molecule has 0 aliphatic heterocycles. The van der Waals surface area contributed by atoms with E-state index < -0.39 is 17.6 Å². The van der Waals surface area contributed by atoms with Gasteiger partial charge in [0.1, 0.15) is 11.6 Å². The second kappa shape index (κ2) is 9.29. The summed E-state index contributed by atoms with van der Waals surface area (Å²) in [6, 6.07) is 12.6. The van der Waals surface area contributed by atoms with E-state index in [1.165, 1.54) is 24.5 Å². The Bertz CT molecular complexity index is 979. The van der Waals surface area contributed by atoms with Crippen LogP contribution in [0.3, 0.4) is 0 Å². The maximum Gasteiger partial charge on any atom is 0.257 e. The predicted octanol–water partition coefficient (Wildman–Crippen LogP) is 3.48. The van der Waals surface area contributed by atoms with Crippen LogP contribution >= 0.6 is 23.1 Å². The summed E-state index contributed by atoms with van der Waals surface area (Å²) >= 11 is 2.32. The van der Waals surface area contributed by atoms with E-state index in [-0.39, 0.29) is 11.4 Å². The van der Waals surface area contributed by atoms with Crippen LogP contribution in [0.4, 0.5) is 15.2 Å². The van der Waals surface area contributed by atoms with Crippen LogP contribution in [-0.2, 0) is 4.79 Å². The first kappa shape index (κ1) is 19.8. The van der Waals surface area contributed by atoms with Gasteiger partial charge in [-0.1, -0.05) is 35.2 Å². The molecule has 1 aromatic heterocycles. The third kappa shape index (κ3) is 5.27. The molecule has 28 heavy (non-hydrogen) atoms. The standard InChI is InChI=1S/C18H15FN4O3S2/c1-26-12-8-6-11(7-9-12)16(25)21-15(24)10-27-18-23-22-17(28-18)20-14-5-3-2-4-13(14)19/h2-9H,10H2,1H3,(H,20,22)(H,21,24,25). The number of anilines is 2. The third-order valence-electron chi connectivity index (χ3n) is 3.45. The molecule has 7 nitrogen and oxygen atoms in total. The molecule has 0 aliphatic rings. The topological polar surface area (TPSA) is 93.2 Å². The lowest BCUT2D eigenvalue weighted by molar-refractivity contribution is -0.117. The predicted molar refractivity (Wildman–Crippen MR) is 106 cm³/mol. The third-order valence-corrected chi connectivity index (χ3v) is 5.43. The molecule has 0 atom stereocenters. The van der Waals surface area contributed by atoms with E-state index in [1.807, 2.05) is 0 Å². The lowest BCUT2D eigenvalue weighted by atomic mass is 10.2. The number of imide groups is 1. The Morgan fingerprint density at radius 3 is 2.61 bits per heavy atom. The van der Waals surface area contributed by atoms with Gasteiger partial charge in [0.15, 0.2) is 4.34 Å². The highest BCUT2D eigenvalue weighted by Gasteiger charge is 2.13. The summed E-state index contributed by atoms with van der Waals surface area (Å²) in [7, 11) is 1.53. The molecular weight excluding hydrogens is 403 g/mol. The number of amides is 2. The molecule has 0 bridgehead atoms. The number of thioether (sulfide) groups is 1. The number of benzene rings is 2. The molecular formula is C18H15FN4O3S2. The molecule has 2 aromatic carbocycles. The summed E-state index contributed by atoms with van der Waals surface area (Å²) in [6.45, 7) is 0. The molecule has 0 aliphatic carbocycles. The largest absolute Gasteiger partial charge is 0.497 e. The number of rotatable bonds is 7. The zero-order valence-electron chi connectivity index (χ0n) is 14.6. The Kier molecular flexibility index (Phi) is 6.56. The van der Waals surface area contributed by atoms with Gasteiger partial charge in [0.05, 0.1) is 18.6 Å². The lowest BCUT2D eigenvalue weighted by Gasteiger charge is -2.04. The van der Waals surface area contributed by atoms with Crippen molar-refractivity contribution in [2.75, 3.05) is 18.2 Å². The van der Waals surface area contributed by atoms with Gasteiger partial charge >= 0.3 is 0 Å². The number of methoxy groups -OCH3 is 1. The summed E-state index contributed by atoms with van der Waals surface area (Å²) < 4.78 is 19.2. The number of carbonyl (C=O) groups excluding carboxylic acids is 2. The highest BCUT2D eigenvalue weighted by atomic mass is 32.2. The fraction of sp³-hybridized carbons (Fsp3) is 0.111. The Balaban J connectivity index is 1.50. The van der Waals surface area contributed by atoms with Crippen molar-refractivity contribution in [2.24, 2.45) is 0 Å². The Hall–Kier alpha value is -2.98. The van der Waals surface area contributed by atoms with Gasteiger partial charge in [-0.15, -0.1) is 10.2 Å². The van der Waals surface area contributed by atoms with Crippen molar-refractivity contribution >= 4 is 45.7 Å². The van der Waals surface area contributed by atoms with Gasteiger partial charge in [0.2, 0.25) is 11.0 Å². The fourth-order valence-corrected chi connectivity index (χ4v) is 3.67. The molecule has 144 valence electrons. The second-order valence-electron chi connectivity index (χ2n) is 5.37. The fourth-order valence-electron chi connectivity index (χ4n) is 2.10. The average Bonchev–Trinajstić information content (AvgIpc) is 3.15. The van der Waals surface area contributed by atoms with E-state index >= 15 is 0 Å². The van der Waals surface area contributed by atoms with Crippen LogP contribution in [0.5, 0.6) is 5.75 Å². The zero-order chi connectivity index (χ0) is 19.9. The Morgan fingerprint density at radius 2 is 1.89 bits per heavy atom. The number of hydrogen-bond acceptors (Lipinski definition) is 8. The first-order valence-electron chi connectivity index (χ1n) is 8.01. The van der Waals surface area contributed by atoms with Crippen molar-refractivity contribution in [2.45, 2.75) is 4.34 Å². The average molecular weight is 418 g/mol. The maximum atomic E-state index is 13.6. The van der Waals surface area contributed by atoms with Crippen LogP contribution in [0.15, 0.2) is 52.9 Å². The molecule has 0 saturated carbocycles. The van der Waals surface area contributed by atoms with Gasteiger partial charge in [0, 0.05) is 5.56 Å². The van der Waals surface area contributed by atoms with Crippen molar-refractivity contribution in [3.05, 3.63) is 59.9 Å². The second-order valence-corrected chi connectivity index (χ2v) is 7.57. The van der Waals surface area contributed by atoms with E-state index in [9.17, 15) is 14.0 Å². The van der Waals surface area contributed by atoms with E-state index in [2.05, 4.69) is 20.8 Å². The molecule has 3 rings (SSSR count). The van der Waals surface area contributed by atoms with Crippen LogP contribution in [0.1, 0.15) is 10.4 Å². The number of carbonyl (C=O) groups is 2. The minimum absolute atomic E-state index is 0.00374. The first-order chi connectivity index (χ1) is 13.5. The number of nitrogens with one attached hydrogen (secondary N) is 2. The lowest BCUT2D eigenvalue weighted by Crippen LogP contribution is -2.31. The minimum atomic E-state index is -0.493. The van der Waals surface area contributed by atoms with Gasteiger partial charge in [-0.2, -0.15) is 0 Å². The van der Waals surface area contributed by atoms with Crippen molar-refractivity contribution < 1.29 is 18.7 Å². The Labute approximate surface area is 168 Å². The Morgan fingerprint density at radius 1 is 1.14 bits per heavy atom. The summed E-state index contributed by atoms with van der Waals surface area (Å²) in [6.07, 6.45) is 0. The van der Waals surface area contributed by atoms with Crippen LogP contribution < -0.4 is 15.4 Å². The van der Waals surface area contributed by atoms with E-state index in [0.717, 1.165) is 11.8 Å². The number of aromatic nitrogens is 2. The van der Waals surface area contributed by atoms with Gasteiger partial charge in [-0.3, -0.25) is 14.9 Å². The number of para-hydroxylation sites is 1. The molecule has 0 radical (unpaired) electrons. The molecule has 0 fully saturated rings. The van der Waals surface area contributed by atoms with Crippen molar-refractivity contribution in [1.29, 1.82) is 0 Å². The number of ether oxygens (including phenoxy) is 1. The van der Waals surface area contributed by atoms with Crippen LogP contribution in [0, 0.1) is 5.82 Å². The molecule has 0 spiro atoms. The van der Waals surface area contributed by atoms with Crippen LogP contribution in [-0.4, -0.2) is 34.9 Å². The van der Waals surface area contributed by atoms with Crippen molar-refractivity contribution in [3.63, 3.8) is 0 Å². The van der Waals surface area contributed by atoms with Gasteiger partial charge in [0.25, 0.3) is 5.91 Å². The summed E-state index contributed by atoms with van der Waals surface area (Å²) in [5.41, 5.74) is 0.643. The molecule has 2 amide bonds. The van der Waals surface area contributed by atoms with Gasteiger partial charge in [-0.25, -0.2) is 4.39 Å². The van der Waals surface area contributed by atoms with E-state index in [1.54, 1.807) is 42.5 Å². The summed E-state index contributed by atoms with van der Waals surface area (Å²) in [5.74, 6) is -0.731. The monoisotopic (exact) mass is 418 g/mol. The van der Waals surface area contributed by atoms with Gasteiger partial charge in [-0.05, 0) is 36.4 Å². The van der Waals surface area contributed by atoms with Crippen LogP contribution in [0.2, 0.25) is 0 Å². The molecule has 0 unspecified atom stereocenters. The van der Waals surface area contributed by atoms with Crippen LogP contribution in [0.25, 0.3) is 0 Å². The van der Waals surface area contributed by atoms with Crippen molar-refractivity contribution in [1.82, 2.24) is 15.5 Å². The zero-order valence-corrected chi connectivity index (χ0v) is 16.3. The normalized spacial score (nSPS) is 10.4. The maximum absolute atomic E-state index is 13.6. The number of nitrogens with zero attached hydrogens (tertiary/aromatic N) is 2. The highest BCUT2D eigenvalue weighted by molar-refractivity contribution is 8.01. The molecule has 3 aromatic rings. The number of hydrogen-bond donors (Lipinski definition) is 2. The highest BCUT2D eigenvalue weighted by Crippen LogP contribution is 2.28. The summed E-state index contributed by atoms with van der Waals surface area (Å²) in [5, 5.41) is 13.4. The SMILES string of the molecule is COc1ccc(C(=O)NC(=O)CSc2nnc(Nc3ccccc3F)s2)cc1. The molecule has 2 N–H and O–H groups in total. The molecule has 1 heterocycles. The minimum Gasteiger partial charge on any atom is -0.497 e. The smallest absolute Gasteiger partial charge is 0.257 e. The molecule has 10 heteroatoms. The van der Waals surface area contributed by atoms with Gasteiger partial charge < -0.3 is 10.1 Å². The number of halogens is 1. The van der Waals surface area contributed by atoms with E-state index in [0.29, 0.717) is 20.8 Å². The summed E-state index contributed by atoms with van der Waals surface area (Å²) in [4.78, 5) is 24.0. The quantitative estimate of drug-likeness (QED) is 0.568. The first-order valence-corrected chi connectivity index (χ1v) is 9.81.